The second kappa shape index (κ2) is 8.39. The molecule has 35 heavy (non-hydrogen) atoms. The van der Waals surface area contributed by atoms with Crippen molar-refractivity contribution in [3.8, 4) is 23.1 Å². The zero-order valence-electron chi connectivity index (χ0n) is 18.5. The summed E-state index contributed by atoms with van der Waals surface area (Å²) < 4.78 is 51.0. The van der Waals surface area contributed by atoms with E-state index in [1.165, 1.54) is 6.07 Å². The van der Waals surface area contributed by atoms with Gasteiger partial charge in [0.2, 0.25) is 17.4 Å². The smallest absolute Gasteiger partial charge is 0.430 e. The standard InChI is InChI=1S/C25H17F3N4O3/c1-13-3-7-15(8-4-13)21(33)30-19-17-11-12-18(25(26,27)28)29-23(17)34-20(19)24-32-31-22(35-24)16-9-5-14(2)6-10-16/h3-12H,1-2H3,(H,30,33). The number of aryl methyl sites for hydroxylation is 2. The van der Waals surface area contributed by atoms with Crippen molar-refractivity contribution in [1.29, 1.82) is 0 Å². The van der Waals surface area contributed by atoms with E-state index in [0.29, 0.717) is 11.1 Å². The van der Waals surface area contributed by atoms with Gasteiger partial charge >= 0.3 is 6.18 Å². The Bertz CT molecular complexity index is 1540. The lowest BCUT2D eigenvalue weighted by Gasteiger charge is -2.06. The average molecular weight is 478 g/mol. The lowest BCUT2D eigenvalue weighted by Crippen LogP contribution is -2.12. The topological polar surface area (TPSA) is 94.1 Å². The lowest BCUT2D eigenvalue weighted by atomic mass is 10.1. The third-order valence-corrected chi connectivity index (χ3v) is 5.32. The zero-order chi connectivity index (χ0) is 24.7. The Labute approximate surface area is 196 Å². The van der Waals surface area contributed by atoms with Gasteiger partial charge in [-0.2, -0.15) is 13.2 Å². The van der Waals surface area contributed by atoms with Gasteiger partial charge in [0.05, 0.1) is 5.39 Å². The summed E-state index contributed by atoms with van der Waals surface area (Å²) in [5.41, 5.74) is 1.62. The molecule has 3 heterocycles. The molecule has 0 atom stereocenters. The van der Waals surface area contributed by atoms with E-state index < -0.39 is 17.8 Å². The van der Waals surface area contributed by atoms with Crippen molar-refractivity contribution in [3.63, 3.8) is 0 Å². The van der Waals surface area contributed by atoms with Gasteiger partial charge in [-0.25, -0.2) is 4.98 Å². The average Bonchev–Trinajstić information content (AvgIpc) is 3.44. The maximum atomic E-state index is 13.2. The maximum absolute atomic E-state index is 13.2. The van der Waals surface area contributed by atoms with Crippen LogP contribution in [0.1, 0.15) is 27.2 Å². The number of benzene rings is 2. The van der Waals surface area contributed by atoms with Crippen molar-refractivity contribution in [2.24, 2.45) is 0 Å². The molecule has 0 unspecified atom stereocenters. The largest absolute Gasteiger partial charge is 0.433 e. The maximum Gasteiger partial charge on any atom is 0.433 e. The normalized spacial score (nSPS) is 11.7. The second-order valence-corrected chi connectivity index (χ2v) is 7.95. The van der Waals surface area contributed by atoms with E-state index in [1.807, 2.05) is 26.0 Å². The Morgan fingerprint density at radius 3 is 2.11 bits per heavy atom. The van der Waals surface area contributed by atoms with Crippen LogP contribution in [0.4, 0.5) is 18.9 Å². The number of anilines is 1. The minimum Gasteiger partial charge on any atom is -0.430 e. The molecule has 0 saturated heterocycles. The van der Waals surface area contributed by atoms with Gasteiger partial charge in [0.15, 0.2) is 0 Å². The van der Waals surface area contributed by atoms with Crippen molar-refractivity contribution in [2.45, 2.75) is 20.0 Å². The summed E-state index contributed by atoms with van der Waals surface area (Å²) in [6, 6.07) is 16.1. The Kier molecular flexibility index (Phi) is 5.35. The SMILES string of the molecule is Cc1ccc(C(=O)Nc2c(-c3nnc(-c4ccc(C)cc4)o3)oc3nc(C(F)(F)F)ccc23)cc1. The number of aromatic nitrogens is 3. The van der Waals surface area contributed by atoms with E-state index in [0.717, 1.165) is 17.2 Å². The number of pyridine rings is 1. The molecule has 3 aromatic heterocycles. The van der Waals surface area contributed by atoms with Crippen LogP contribution in [0.2, 0.25) is 0 Å². The number of furan rings is 1. The molecule has 0 saturated carbocycles. The van der Waals surface area contributed by atoms with Crippen LogP contribution in [0, 0.1) is 13.8 Å². The zero-order valence-corrected chi connectivity index (χ0v) is 18.5. The molecule has 0 bridgehead atoms. The molecule has 0 aliphatic carbocycles. The highest BCUT2D eigenvalue weighted by Gasteiger charge is 2.34. The van der Waals surface area contributed by atoms with Crippen molar-refractivity contribution < 1.29 is 26.8 Å². The molecule has 2 aromatic carbocycles. The number of alkyl halides is 3. The highest BCUT2D eigenvalue weighted by Crippen LogP contribution is 2.39. The first-order valence-corrected chi connectivity index (χ1v) is 10.5. The van der Waals surface area contributed by atoms with Crippen LogP contribution in [-0.2, 0) is 6.18 Å². The van der Waals surface area contributed by atoms with E-state index >= 15 is 0 Å². The Balaban J connectivity index is 1.60. The van der Waals surface area contributed by atoms with Crippen LogP contribution < -0.4 is 5.32 Å². The third-order valence-electron chi connectivity index (χ3n) is 5.32. The fourth-order valence-corrected chi connectivity index (χ4v) is 3.43. The summed E-state index contributed by atoms with van der Waals surface area (Å²) in [5, 5.41) is 10.9. The Morgan fingerprint density at radius 2 is 1.46 bits per heavy atom. The molecule has 7 nitrogen and oxygen atoms in total. The molecule has 0 aliphatic rings. The van der Waals surface area contributed by atoms with E-state index in [4.69, 9.17) is 8.83 Å². The van der Waals surface area contributed by atoms with Gasteiger partial charge in [0, 0.05) is 11.1 Å². The van der Waals surface area contributed by atoms with Crippen molar-refractivity contribution in [2.75, 3.05) is 5.32 Å². The predicted molar refractivity (Wildman–Crippen MR) is 122 cm³/mol. The predicted octanol–water partition coefficient (Wildman–Crippen LogP) is 6.43. The van der Waals surface area contributed by atoms with E-state index in [-0.39, 0.29) is 34.3 Å². The number of carbonyl (C=O) groups excluding carboxylic acids is 1. The van der Waals surface area contributed by atoms with Crippen LogP contribution in [0.3, 0.4) is 0 Å². The number of hydrogen-bond acceptors (Lipinski definition) is 6. The first-order chi connectivity index (χ1) is 16.7. The summed E-state index contributed by atoms with van der Waals surface area (Å²) >= 11 is 0. The molecule has 1 amide bonds. The number of rotatable bonds is 4. The monoisotopic (exact) mass is 478 g/mol. The summed E-state index contributed by atoms with van der Waals surface area (Å²) in [6.45, 7) is 3.82. The van der Waals surface area contributed by atoms with Gasteiger partial charge in [0.1, 0.15) is 11.4 Å². The van der Waals surface area contributed by atoms with Crippen molar-refractivity contribution in [3.05, 3.63) is 83.0 Å². The number of nitrogens with zero attached hydrogens (tertiary/aromatic N) is 3. The molecular weight excluding hydrogens is 461 g/mol. The molecular formula is C25H17F3N4O3. The molecule has 1 N–H and O–H groups in total. The molecule has 0 aliphatic heterocycles. The van der Waals surface area contributed by atoms with Gasteiger partial charge in [-0.3, -0.25) is 4.79 Å². The summed E-state index contributed by atoms with van der Waals surface area (Å²) in [5.74, 6) is -0.531. The van der Waals surface area contributed by atoms with Gasteiger partial charge in [-0.05, 0) is 50.2 Å². The molecule has 0 fully saturated rings. The first-order valence-electron chi connectivity index (χ1n) is 10.5. The van der Waals surface area contributed by atoms with Crippen LogP contribution in [0.5, 0.6) is 0 Å². The molecule has 176 valence electrons. The minimum atomic E-state index is -4.67. The third kappa shape index (κ3) is 4.37. The van der Waals surface area contributed by atoms with Crippen molar-refractivity contribution >= 4 is 22.7 Å². The molecule has 5 rings (SSSR count). The number of carbonyl (C=O) groups is 1. The Hall–Kier alpha value is -4.47. The van der Waals surface area contributed by atoms with E-state index in [2.05, 4.69) is 20.5 Å². The van der Waals surface area contributed by atoms with Crippen LogP contribution >= 0.6 is 0 Å². The number of halogens is 3. The van der Waals surface area contributed by atoms with Crippen LogP contribution in [0.15, 0.2) is 69.5 Å². The number of fused-ring (bicyclic) bond motifs is 1. The molecule has 10 heteroatoms. The number of amides is 1. The minimum absolute atomic E-state index is 0.0749. The fourth-order valence-electron chi connectivity index (χ4n) is 3.43. The van der Waals surface area contributed by atoms with E-state index in [1.54, 1.807) is 36.4 Å². The summed E-state index contributed by atoms with van der Waals surface area (Å²) in [7, 11) is 0. The number of hydrogen-bond donors (Lipinski definition) is 1. The van der Waals surface area contributed by atoms with Crippen molar-refractivity contribution in [1.82, 2.24) is 15.2 Å². The number of nitrogens with one attached hydrogen (secondary N) is 1. The molecule has 0 spiro atoms. The Morgan fingerprint density at radius 1 is 0.829 bits per heavy atom. The fraction of sp³-hybridized carbons (Fsp3) is 0.120. The highest BCUT2D eigenvalue weighted by atomic mass is 19.4. The quantitative estimate of drug-likeness (QED) is 0.320. The lowest BCUT2D eigenvalue weighted by molar-refractivity contribution is -0.141. The summed E-state index contributed by atoms with van der Waals surface area (Å²) in [4.78, 5) is 16.5. The van der Waals surface area contributed by atoms with Gasteiger partial charge < -0.3 is 14.2 Å². The van der Waals surface area contributed by atoms with Gasteiger partial charge in [-0.15, -0.1) is 10.2 Å². The molecule has 0 radical (unpaired) electrons. The van der Waals surface area contributed by atoms with Crippen LogP contribution in [0.25, 0.3) is 34.2 Å². The second-order valence-electron chi connectivity index (χ2n) is 7.95. The van der Waals surface area contributed by atoms with E-state index in [9.17, 15) is 18.0 Å². The molecule has 5 aromatic rings. The van der Waals surface area contributed by atoms with Crippen LogP contribution in [-0.4, -0.2) is 21.1 Å². The van der Waals surface area contributed by atoms with Gasteiger partial charge in [-0.1, -0.05) is 35.4 Å². The van der Waals surface area contributed by atoms with Gasteiger partial charge in [0.25, 0.3) is 11.8 Å². The first kappa shape index (κ1) is 22.3. The summed E-state index contributed by atoms with van der Waals surface area (Å²) in [6.07, 6.45) is -4.67. The highest BCUT2D eigenvalue weighted by molar-refractivity contribution is 6.11.